The van der Waals surface area contributed by atoms with E-state index in [0.29, 0.717) is 12.2 Å². The van der Waals surface area contributed by atoms with Crippen LogP contribution in [0.1, 0.15) is 37.7 Å². The van der Waals surface area contributed by atoms with Crippen molar-refractivity contribution in [3.63, 3.8) is 0 Å². The molecule has 17 heavy (non-hydrogen) atoms. The largest absolute Gasteiger partial charge is 0.479 e. The Labute approximate surface area is 102 Å². The highest BCUT2D eigenvalue weighted by Gasteiger charge is 2.10. The Hall–Kier alpha value is -2.00. The number of benzene rings is 1. The second kappa shape index (κ2) is 7.30. The van der Waals surface area contributed by atoms with Crippen molar-refractivity contribution in [3.8, 4) is 17.9 Å². The maximum absolute atomic E-state index is 8.81. The number of nitrogens with zero attached hydrogens (tertiary/aromatic N) is 2. The monoisotopic (exact) mass is 228 g/mol. The van der Waals surface area contributed by atoms with Crippen LogP contribution in [0.25, 0.3) is 0 Å². The number of rotatable bonds is 6. The number of ether oxygens (including phenoxy) is 1. The summed E-state index contributed by atoms with van der Waals surface area (Å²) in [7, 11) is 0. The molecular formula is C14H16N2O. The lowest BCUT2D eigenvalue weighted by Gasteiger charge is -2.14. The lowest BCUT2D eigenvalue weighted by atomic mass is 9.92. The maximum Gasteiger partial charge on any atom is 0.174 e. The summed E-state index contributed by atoms with van der Waals surface area (Å²) in [6, 6.07) is 11.8. The molecule has 0 heterocycles. The van der Waals surface area contributed by atoms with E-state index in [4.69, 9.17) is 15.3 Å². The fourth-order valence-corrected chi connectivity index (χ4v) is 1.82. The summed E-state index contributed by atoms with van der Waals surface area (Å²) in [4.78, 5) is 0. The van der Waals surface area contributed by atoms with Crippen LogP contribution < -0.4 is 4.74 Å². The number of hydrogen-bond acceptors (Lipinski definition) is 3. The smallest absolute Gasteiger partial charge is 0.174 e. The van der Waals surface area contributed by atoms with Gasteiger partial charge in [-0.2, -0.15) is 10.5 Å². The molecule has 1 atom stereocenters. The van der Waals surface area contributed by atoms with E-state index in [1.54, 1.807) is 0 Å². The topological polar surface area (TPSA) is 56.8 Å². The van der Waals surface area contributed by atoms with Gasteiger partial charge in [-0.1, -0.05) is 25.5 Å². The van der Waals surface area contributed by atoms with Gasteiger partial charge in [-0.25, -0.2) is 0 Å². The Balaban J connectivity index is 2.81. The normalized spacial score (nSPS) is 11.2. The average Bonchev–Trinajstić information content (AvgIpc) is 2.36. The van der Waals surface area contributed by atoms with Crippen molar-refractivity contribution in [2.24, 2.45) is 0 Å². The van der Waals surface area contributed by atoms with Gasteiger partial charge >= 0.3 is 0 Å². The molecule has 0 fully saturated rings. The third kappa shape index (κ3) is 4.17. The fourth-order valence-electron chi connectivity index (χ4n) is 1.82. The lowest BCUT2D eigenvalue weighted by molar-refractivity contribution is 0.367. The molecule has 3 heteroatoms. The number of hydrogen-bond donors (Lipinski definition) is 0. The van der Waals surface area contributed by atoms with Crippen LogP contribution in [0.2, 0.25) is 0 Å². The molecular weight excluding hydrogens is 212 g/mol. The molecule has 0 aliphatic heterocycles. The van der Waals surface area contributed by atoms with Gasteiger partial charge in [-0.15, -0.1) is 0 Å². The predicted molar refractivity (Wildman–Crippen MR) is 65.4 cm³/mol. The van der Waals surface area contributed by atoms with Crippen LogP contribution in [0.3, 0.4) is 0 Å². The Morgan fingerprint density at radius 2 is 2.12 bits per heavy atom. The maximum atomic E-state index is 8.81. The van der Waals surface area contributed by atoms with Gasteiger partial charge in [0.2, 0.25) is 0 Å². The minimum Gasteiger partial charge on any atom is -0.479 e. The molecule has 1 aromatic rings. The van der Waals surface area contributed by atoms with E-state index in [1.165, 1.54) is 0 Å². The highest BCUT2D eigenvalue weighted by molar-refractivity contribution is 5.31. The van der Waals surface area contributed by atoms with E-state index in [0.717, 1.165) is 18.4 Å². The van der Waals surface area contributed by atoms with E-state index in [2.05, 4.69) is 13.0 Å². The zero-order valence-corrected chi connectivity index (χ0v) is 10.0. The fraction of sp³-hybridized carbons (Fsp3) is 0.429. The van der Waals surface area contributed by atoms with Crippen LogP contribution in [0, 0.1) is 22.7 Å². The first-order valence-electron chi connectivity index (χ1n) is 5.78. The van der Waals surface area contributed by atoms with E-state index >= 15 is 0 Å². The van der Waals surface area contributed by atoms with E-state index in [-0.39, 0.29) is 12.5 Å². The Bertz CT molecular complexity index is 429. The highest BCUT2D eigenvalue weighted by atomic mass is 16.5. The summed E-state index contributed by atoms with van der Waals surface area (Å²) in [6.07, 6.45) is 2.57. The molecule has 0 spiro atoms. The second-order valence-electron chi connectivity index (χ2n) is 3.87. The molecule has 0 aromatic heterocycles. The SMILES string of the molecule is CCCC(CC#N)c1cccc(OCC#N)c1. The van der Waals surface area contributed by atoms with E-state index < -0.39 is 0 Å². The minimum atomic E-state index is 0.0557. The zero-order valence-electron chi connectivity index (χ0n) is 10.0. The summed E-state index contributed by atoms with van der Waals surface area (Å²) in [5.41, 5.74) is 1.11. The summed E-state index contributed by atoms with van der Waals surface area (Å²) < 4.78 is 5.26. The molecule has 3 nitrogen and oxygen atoms in total. The second-order valence-corrected chi connectivity index (χ2v) is 3.87. The molecule has 1 unspecified atom stereocenters. The van der Waals surface area contributed by atoms with E-state index in [9.17, 15) is 0 Å². The van der Waals surface area contributed by atoms with Crippen LogP contribution in [0.5, 0.6) is 5.75 Å². The Morgan fingerprint density at radius 1 is 1.29 bits per heavy atom. The third-order valence-corrected chi connectivity index (χ3v) is 2.61. The minimum absolute atomic E-state index is 0.0557. The summed E-state index contributed by atoms with van der Waals surface area (Å²) in [6.45, 7) is 2.17. The number of nitriles is 2. The van der Waals surface area contributed by atoms with Gasteiger partial charge in [0, 0.05) is 6.42 Å². The van der Waals surface area contributed by atoms with Gasteiger partial charge in [-0.05, 0) is 30.0 Å². The van der Waals surface area contributed by atoms with Crippen LogP contribution in [-0.4, -0.2) is 6.61 Å². The first kappa shape index (κ1) is 13.1. The van der Waals surface area contributed by atoms with Crippen molar-refractivity contribution in [3.05, 3.63) is 29.8 Å². The summed E-state index contributed by atoms with van der Waals surface area (Å²) >= 11 is 0. The molecule has 88 valence electrons. The van der Waals surface area contributed by atoms with Gasteiger partial charge in [0.15, 0.2) is 6.61 Å². The van der Waals surface area contributed by atoms with Crippen LogP contribution >= 0.6 is 0 Å². The first-order valence-corrected chi connectivity index (χ1v) is 5.78. The van der Waals surface area contributed by atoms with Gasteiger partial charge in [0.25, 0.3) is 0 Å². The Kier molecular flexibility index (Phi) is 5.61. The third-order valence-electron chi connectivity index (χ3n) is 2.61. The van der Waals surface area contributed by atoms with Crippen LogP contribution in [0.15, 0.2) is 24.3 Å². The molecule has 0 radical (unpaired) electrons. The van der Waals surface area contributed by atoms with Gasteiger partial charge in [0.1, 0.15) is 11.8 Å². The molecule has 1 rings (SSSR count). The van der Waals surface area contributed by atoms with Crippen molar-refractivity contribution >= 4 is 0 Å². The van der Waals surface area contributed by atoms with Crippen molar-refractivity contribution < 1.29 is 4.74 Å². The molecule has 1 aromatic carbocycles. The standard InChI is InChI=1S/C14H16N2O/c1-2-4-12(7-8-15)13-5-3-6-14(11-13)17-10-9-16/h3,5-6,11-12H,2,4,7,10H2,1H3. The van der Waals surface area contributed by atoms with E-state index in [1.807, 2.05) is 30.3 Å². The molecule has 0 N–H and O–H groups in total. The molecule has 0 amide bonds. The average molecular weight is 228 g/mol. The summed E-state index contributed by atoms with van der Waals surface area (Å²) in [5, 5.41) is 17.3. The van der Waals surface area contributed by atoms with Crippen LogP contribution in [0.4, 0.5) is 0 Å². The molecule has 0 aliphatic carbocycles. The van der Waals surface area contributed by atoms with Gasteiger partial charge < -0.3 is 4.74 Å². The molecule has 0 aliphatic rings. The Morgan fingerprint density at radius 3 is 2.76 bits per heavy atom. The predicted octanol–water partition coefficient (Wildman–Crippen LogP) is 3.39. The van der Waals surface area contributed by atoms with Crippen LogP contribution in [-0.2, 0) is 0 Å². The molecule has 0 saturated carbocycles. The first-order chi connectivity index (χ1) is 8.31. The van der Waals surface area contributed by atoms with Gasteiger partial charge in [-0.3, -0.25) is 0 Å². The lowest BCUT2D eigenvalue weighted by Crippen LogP contribution is -1.99. The quantitative estimate of drug-likeness (QED) is 0.749. The molecule has 0 saturated heterocycles. The van der Waals surface area contributed by atoms with Crippen molar-refractivity contribution in [2.75, 3.05) is 6.61 Å². The van der Waals surface area contributed by atoms with Gasteiger partial charge in [0.05, 0.1) is 6.07 Å². The van der Waals surface area contributed by atoms with Crippen molar-refractivity contribution in [1.29, 1.82) is 10.5 Å². The highest BCUT2D eigenvalue weighted by Crippen LogP contribution is 2.27. The zero-order chi connectivity index (χ0) is 12.5. The van der Waals surface area contributed by atoms with Crippen molar-refractivity contribution in [2.45, 2.75) is 32.1 Å². The van der Waals surface area contributed by atoms with Crippen molar-refractivity contribution in [1.82, 2.24) is 0 Å². The molecule has 0 bridgehead atoms. The summed E-state index contributed by atoms with van der Waals surface area (Å²) in [5.74, 6) is 0.957.